The summed E-state index contributed by atoms with van der Waals surface area (Å²) in [5.74, 6) is 0.383. The predicted octanol–water partition coefficient (Wildman–Crippen LogP) is 14.6. The highest BCUT2D eigenvalue weighted by atomic mass is 16.5. The van der Waals surface area contributed by atoms with Gasteiger partial charge in [-0.15, -0.1) is 0 Å². The molecule has 1 N–H and O–H groups in total. The lowest BCUT2D eigenvalue weighted by Crippen LogP contribution is -2.07. The third kappa shape index (κ3) is 26.7. The van der Waals surface area contributed by atoms with E-state index in [2.05, 4.69) is 86.8 Å². The average Bonchev–Trinajstić information content (AvgIpc) is 3.17. The average molecular weight is 749 g/mol. The molecule has 0 spiro atoms. The van der Waals surface area contributed by atoms with Crippen molar-refractivity contribution >= 4 is 24.1 Å². The SMILES string of the molecule is CC/C=C\C/C=C\C/C=C\CCCCCCCC(=O)Oc1ccc(/C=C/c2cc(O)cc(OC(=O)CCCCCCC/C=C\C/C=C\C/C=C\CC)c2)cc1. The molecule has 0 aliphatic heterocycles. The van der Waals surface area contributed by atoms with Crippen molar-refractivity contribution < 1.29 is 24.2 Å². The summed E-state index contributed by atoms with van der Waals surface area (Å²) >= 11 is 0. The Hall–Kier alpha value is -4.64. The van der Waals surface area contributed by atoms with Crippen molar-refractivity contribution in [2.75, 3.05) is 0 Å². The van der Waals surface area contributed by atoms with Gasteiger partial charge >= 0.3 is 11.9 Å². The van der Waals surface area contributed by atoms with Crippen molar-refractivity contribution in [3.63, 3.8) is 0 Å². The number of phenols is 1. The zero-order valence-corrected chi connectivity index (χ0v) is 33.8. The summed E-state index contributed by atoms with van der Waals surface area (Å²) in [5, 5.41) is 10.2. The van der Waals surface area contributed by atoms with Crippen LogP contribution in [0.4, 0.5) is 0 Å². The van der Waals surface area contributed by atoms with E-state index in [0.717, 1.165) is 108 Å². The fourth-order valence-electron chi connectivity index (χ4n) is 5.74. The lowest BCUT2D eigenvalue weighted by Gasteiger charge is -2.07. The Morgan fingerprint density at radius 2 is 0.891 bits per heavy atom. The molecular weight excluding hydrogens is 681 g/mol. The summed E-state index contributed by atoms with van der Waals surface area (Å²) in [6, 6.07) is 12.1. The molecule has 2 aromatic rings. The minimum atomic E-state index is -0.291. The lowest BCUT2D eigenvalue weighted by atomic mass is 10.1. The molecule has 5 nitrogen and oxygen atoms in total. The van der Waals surface area contributed by atoms with Crippen LogP contribution >= 0.6 is 0 Å². The number of esters is 2. The molecule has 55 heavy (non-hydrogen) atoms. The normalized spacial score (nSPS) is 12.3. The minimum Gasteiger partial charge on any atom is -0.508 e. The van der Waals surface area contributed by atoms with E-state index >= 15 is 0 Å². The van der Waals surface area contributed by atoms with Gasteiger partial charge in [0.2, 0.25) is 0 Å². The monoisotopic (exact) mass is 749 g/mol. The van der Waals surface area contributed by atoms with Crippen LogP contribution in [-0.4, -0.2) is 17.0 Å². The number of ether oxygens (including phenoxy) is 2. The Bertz CT molecular complexity index is 1520. The summed E-state index contributed by atoms with van der Waals surface area (Å²) in [6.45, 7) is 4.30. The summed E-state index contributed by atoms with van der Waals surface area (Å²) in [6.07, 6.45) is 50.1. The van der Waals surface area contributed by atoms with E-state index < -0.39 is 0 Å². The standard InChI is InChI=1S/C50H68O5/c1-3-5-7-9-11-13-15-17-19-21-23-25-27-29-31-33-49(52)54-47-39-37-44(38-40-47)35-36-45-41-46(51)43-48(42-45)55-50(53)34-32-30-28-26-24-22-20-18-16-14-12-10-8-6-4-2/h5-8,11-14,17-20,35-43,51H,3-4,9-10,15-16,21-34H2,1-2H3/b7-5-,8-6-,13-11-,14-12-,19-17-,20-18-,36-35+. The quantitative estimate of drug-likeness (QED) is 0.0283. The maximum atomic E-state index is 12.5. The van der Waals surface area contributed by atoms with Crippen LogP contribution in [0.3, 0.4) is 0 Å². The molecule has 298 valence electrons. The van der Waals surface area contributed by atoms with Crippen molar-refractivity contribution in [3.05, 3.63) is 127 Å². The first kappa shape index (κ1) is 46.5. The number of hydrogen-bond donors (Lipinski definition) is 1. The molecule has 2 aromatic carbocycles. The summed E-state index contributed by atoms with van der Waals surface area (Å²) in [7, 11) is 0. The Kier molecular flexibility index (Phi) is 27.7. The molecule has 2 rings (SSSR count). The maximum Gasteiger partial charge on any atom is 0.311 e. The molecule has 0 fully saturated rings. The number of aromatic hydroxyl groups is 1. The highest BCUT2D eigenvalue weighted by molar-refractivity contribution is 5.75. The summed E-state index contributed by atoms with van der Waals surface area (Å²) < 4.78 is 11.1. The smallest absolute Gasteiger partial charge is 0.311 e. The Morgan fingerprint density at radius 3 is 1.40 bits per heavy atom. The van der Waals surface area contributed by atoms with Gasteiger partial charge < -0.3 is 14.6 Å². The molecule has 0 aromatic heterocycles. The largest absolute Gasteiger partial charge is 0.508 e. The van der Waals surface area contributed by atoms with Gasteiger partial charge in [0.1, 0.15) is 17.2 Å². The molecule has 0 amide bonds. The second-order valence-electron chi connectivity index (χ2n) is 13.8. The van der Waals surface area contributed by atoms with E-state index in [1.165, 1.54) is 18.9 Å². The van der Waals surface area contributed by atoms with Gasteiger partial charge in [-0.25, -0.2) is 0 Å². The van der Waals surface area contributed by atoms with Crippen LogP contribution in [0, 0.1) is 0 Å². The van der Waals surface area contributed by atoms with Crippen molar-refractivity contribution in [1.82, 2.24) is 0 Å². The predicted molar refractivity (Wildman–Crippen MR) is 233 cm³/mol. The molecule has 0 bridgehead atoms. The Balaban J connectivity index is 1.58. The number of rotatable bonds is 30. The first-order valence-electron chi connectivity index (χ1n) is 20.9. The number of carbonyl (C=O) groups is 2. The molecule has 0 aliphatic carbocycles. The number of unbranched alkanes of at least 4 members (excludes halogenated alkanes) is 10. The van der Waals surface area contributed by atoms with Crippen molar-refractivity contribution in [2.45, 2.75) is 142 Å². The van der Waals surface area contributed by atoms with E-state index in [0.29, 0.717) is 29.9 Å². The zero-order chi connectivity index (χ0) is 39.4. The molecule has 0 aliphatic rings. The molecule has 0 atom stereocenters. The van der Waals surface area contributed by atoms with Gasteiger partial charge in [-0.2, -0.15) is 0 Å². The second-order valence-corrected chi connectivity index (χ2v) is 13.8. The topological polar surface area (TPSA) is 72.8 Å². The van der Waals surface area contributed by atoms with E-state index in [1.54, 1.807) is 24.3 Å². The summed E-state index contributed by atoms with van der Waals surface area (Å²) in [4.78, 5) is 24.8. The van der Waals surface area contributed by atoms with Crippen molar-refractivity contribution in [2.24, 2.45) is 0 Å². The van der Waals surface area contributed by atoms with E-state index in [1.807, 2.05) is 24.3 Å². The van der Waals surface area contributed by atoms with Gasteiger partial charge in [-0.3, -0.25) is 9.59 Å². The van der Waals surface area contributed by atoms with Crippen LogP contribution in [0.25, 0.3) is 12.2 Å². The van der Waals surface area contributed by atoms with E-state index in [4.69, 9.17) is 9.47 Å². The van der Waals surface area contributed by atoms with Gasteiger partial charge in [0.15, 0.2) is 0 Å². The van der Waals surface area contributed by atoms with Crippen LogP contribution in [0.15, 0.2) is 115 Å². The highest BCUT2D eigenvalue weighted by Crippen LogP contribution is 2.25. The number of allylic oxidation sites excluding steroid dienone is 12. The maximum absolute atomic E-state index is 12.5. The fraction of sp³-hybridized carbons (Fsp3) is 0.440. The van der Waals surface area contributed by atoms with Gasteiger partial charge in [0.05, 0.1) is 0 Å². The van der Waals surface area contributed by atoms with Crippen LogP contribution in [-0.2, 0) is 9.59 Å². The highest BCUT2D eigenvalue weighted by Gasteiger charge is 2.08. The Morgan fingerprint density at radius 1 is 0.473 bits per heavy atom. The lowest BCUT2D eigenvalue weighted by molar-refractivity contribution is -0.135. The van der Waals surface area contributed by atoms with Crippen molar-refractivity contribution in [3.8, 4) is 17.2 Å². The Labute approximate surface area is 333 Å². The molecule has 0 radical (unpaired) electrons. The van der Waals surface area contributed by atoms with Gasteiger partial charge in [-0.05, 0) is 112 Å². The van der Waals surface area contributed by atoms with Gasteiger partial charge in [-0.1, -0.05) is 150 Å². The van der Waals surface area contributed by atoms with Crippen LogP contribution < -0.4 is 9.47 Å². The molecular formula is C50H68O5. The number of carbonyl (C=O) groups excluding carboxylic acids is 2. The minimum absolute atomic E-state index is 0.0313. The number of benzene rings is 2. The van der Waals surface area contributed by atoms with E-state index in [-0.39, 0.29) is 17.7 Å². The first-order valence-corrected chi connectivity index (χ1v) is 20.9. The molecule has 0 saturated carbocycles. The number of phenolic OH excluding ortho intramolecular Hbond substituents is 1. The van der Waals surface area contributed by atoms with Gasteiger partial charge in [0, 0.05) is 18.9 Å². The van der Waals surface area contributed by atoms with Crippen LogP contribution in [0.2, 0.25) is 0 Å². The van der Waals surface area contributed by atoms with Gasteiger partial charge in [0.25, 0.3) is 0 Å². The molecule has 0 saturated heterocycles. The second kappa shape index (κ2) is 32.8. The molecule has 0 heterocycles. The fourth-order valence-corrected chi connectivity index (χ4v) is 5.74. The third-order valence-electron chi connectivity index (χ3n) is 8.79. The molecule has 5 heteroatoms. The first-order chi connectivity index (χ1) is 27.0. The van der Waals surface area contributed by atoms with Crippen LogP contribution in [0.1, 0.15) is 153 Å². The summed E-state index contributed by atoms with van der Waals surface area (Å²) in [5.41, 5.74) is 1.62. The number of hydrogen-bond acceptors (Lipinski definition) is 5. The third-order valence-corrected chi connectivity index (χ3v) is 8.79. The van der Waals surface area contributed by atoms with E-state index in [9.17, 15) is 14.7 Å². The van der Waals surface area contributed by atoms with Crippen LogP contribution in [0.5, 0.6) is 17.2 Å². The molecule has 0 unspecified atom stereocenters. The van der Waals surface area contributed by atoms with Crippen molar-refractivity contribution in [1.29, 1.82) is 0 Å². The zero-order valence-electron chi connectivity index (χ0n) is 33.8.